The van der Waals surface area contributed by atoms with Crippen LogP contribution in [0.25, 0.3) is 0 Å². The molecule has 0 bridgehead atoms. The van der Waals surface area contributed by atoms with E-state index in [1.54, 1.807) is 6.26 Å². The van der Waals surface area contributed by atoms with Gasteiger partial charge in [-0.25, -0.2) is 4.98 Å². The smallest absolute Gasteiger partial charge is 0.227 e. The van der Waals surface area contributed by atoms with Gasteiger partial charge < -0.3 is 19.5 Å². The number of Topliss-reactive ketones (excluding diaryl/α,β-unsaturated/α-hetero) is 1. The summed E-state index contributed by atoms with van der Waals surface area (Å²) in [6.45, 7) is 6.23. The van der Waals surface area contributed by atoms with Gasteiger partial charge in [0.05, 0.1) is 17.5 Å². The van der Waals surface area contributed by atoms with E-state index in [0.29, 0.717) is 36.7 Å². The number of anilines is 3. The molecule has 160 valence electrons. The summed E-state index contributed by atoms with van der Waals surface area (Å²) in [6, 6.07) is 14.3. The molecule has 31 heavy (non-hydrogen) atoms. The van der Waals surface area contributed by atoms with Gasteiger partial charge in [0, 0.05) is 57.2 Å². The molecule has 1 saturated heterocycles. The van der Waals surface area contributed by atoms with Crippen LogP contribution in [0.2, 0.25) is 0 Å². The zero-order chi connectivity index (χ0) is 21.2. The van der Waals surface area contributed by atoms with Crippen LogP contribution in [0.4, 0.5) is 17.5 Å². The second-order valence-corrected chi connectivity index (χ2v) is 8.08. The second kappa shape index (κ2) is 8.41. The lowest BCUT2D eigenvalue weighted by Gasteiger charge is -2.36. The minimum absolute atomic E-state index is 0.0298. The van der Waals surface area contributed by atoms with Crippen LogP contribution in [0.15, 0.2) is 53.1 Å². The third-order valence-electron chi connectivity index (χ3n) is 6.10. The van der Waals surface area contributed by atoms with E-state index in [0.717, 1.165) is 37.6 Å². The number of furan rings is 1. The molecule has 3 heterocycles. The molecule has 0 spiro atoms. The lowest BCUT2D eigenvalue weighted by Crippen LogP contribution is -2.47. The van der Waals surface area contributed by atoms with Gasteiger partial charge in [-0.3, -0.25) is 4.79 Å². The number of rotatable bonds is 5. The molecule has 1 N–H and O–H groups in total. The maximum absolute atomic E-state index is 13.0. The number of nitrogens with zero attached hydrogens (tertiary/aromatic N) is 4. The number of nitrogens with one attached hydrogen (secondary N) is 1. The SMILES string of the molecule is CCNc1nc(N2CCN(c3ccccc3)CC2)nc2c1C(=O)C[C@H](c1ccco1)C2. The summed E-state index contributed by atoms with van der Waals surface area (Å²) in [5, 5.41) is 3.30. The Balaban J connectivity index is 1.41. The average Bonchev–Trinajstić information content (AvgIpc) is 3.35. The van der Waals surface area contributed by atoms with Crippen molar-refractivity contribution < 1.29 is 9.21 Å². The van der Waals surface area contributed by atoms with Crippen LogP contribution in [0, 0.1) is 0 Å². The number of ketones is 1. The summed E-state index contributed by atoms with van der Waals surface area (Å²) in [7, 11) is 0. The third-order valence-corrected chi connectivity index (χ3v) is 6.10. The summed E-state index contributed by atoms with van der Waals surface area (Å²) in [6.07, 6.45) is 2.78. The first-order valence-electron chi connectivity index (χ1n) is 11.0. The second-order valence-electron chi connectivity index (χ2n) is 8.08. The van der Waals surface area contributed by atoms with Gasteiger partial charge in [-0.05, 0) is 31.2 Å². The number of carbonyl (C=O) groups excluding carboxylic acids is 1. The van der Waals surface area contributed by atoms with Gasteiger partial charge in [0.15, 0.2) is 5.78 Å². The van der Waals surface area contributed by atoms with E-state index >= 15 is 0 Å². The number of carbonyl (C=O) groups is 1. The number of para-hydroxylation sites is 1. The van der Waals surface area contributed by atoms with Crippen molar-refractivity contribution in [1.29, 1.82) is 0 Å². The van der Waals surface area contributed by atoms with Crippen LogP contribution in [0.1, 0.15) is 41.1 Å². The van der Waals surface area contributed by atoms with Crippen LogP contribution in [-0.2, 0) is 6.42 Å². The van der Waals surface area contributed by atoms with Crippen molar-refractivity contribution in [2.75, 3.05) is 47.8 Å². The summed E-state index contributed by atoms with van der Waals surface area (Å²) in [5.74, 6) is 2.33. The third kappa shape index (κ3) is 3.87. The predicted octanol–water partition coefficient (Wildman–Crippen LogP) is 3.74. The molecule has 2 aromatic heterocycles. The van der Waals surface area contributed by atoms with Gasteiger partial charge in [0.25, 0.3) is 0 Å². The fourth-order valence-electron chi connectivity index (χ4n) is 4.53. The zero-order valence-electron chi connectivity index (χ0n) is 17.8. The van der Waals surface area contributed by atoms with E-state index in [1.807, 2.05) is 25.1 Å². The van der Waals surface area contributed by atoms with Crippen LogP contribution in [-0.4, -0.2) is 48.5 Å². The van der Waals surface area contributed by atoms with Crippen molar-refractivity contribution in [3.05, 3.63) is 65.7 Å². The molecule has 7 nitrogen and oxygen atoms in total. The van der Waals surface area contributed by atoms with Crippen LogP contribution in [0.5, 0.6) is 0 Å². The van der Waals surface area contributed by atoms with Crippen LogP contribution >= 0.6 is 0 Å². The Morgan fingerprint density at radius 1 is 1.00 bits per heavy atom. The normalized spacial score (nSPS) is 18.7. The van der Waals surface area contributed by atoms with Crippen LogP contribution < -0.4 is 15.1 Å². The number of piperazine rings is 1. The fraction of sp³-hybridized carbons (Fsp3) is 0.375. The van der Waals surface area contributed by atoms with Gasteiger partial charge in [0.2, 0.25) is 5.95 Å². The van der Waals surface area contributed by atoms with E-state index in [1.165, 1.54) is 5.69 Å². The lowest BCUT2D eigenvalue weighted by atomic mass is 9.84. The van der Waals surface area contributed by atoms with Gasteiger partial charge in [-0.2, -0.15) is 4.98 Å². The Bertz CT molecular complexity index is 1040. The molecule has 3 aromatic rings. The molecule has 1 aromatic carbocycles. The number of hydrogen-bond donors (Lipinski definition) is 1. The minimum atomic E-state index is 0.0298. The van der Waals surface area contributed by atoms with Crippen LogP contribution in [0.3, 0.4) is 0 Å². The molecule has 0 saturated carbocycles. The Morgan fingerprint density at radius 2 is 1.77 bits per heavy atom. The molecule has 5 rings (SSSR count). The molecule has 1 aliphatic carbocycles. The van der Waals surface area contributed by atoms with Crippen molar-refractivity contribution in [3.63, 3.8) is 0 Å². The number of aromatic nitrogens is 2. The van der Waals surface area contributed by atoms with E-state index in [4.69, 9.17) is 14.4 Å². The molecule has 1 atom stereocenters. The Kier molecular flexibility index (Phi) is 5.32. The van der Waals surface area contributed by atoms with E-state index in [2.05, 4.69) is 39.4 Å². The molecular formula is C24H27N5O2. The van der Waals surface area contributed by atoms with E-state index in [9.17, 15) is 4.79 Å². The molecule has 0 unspecified atom stereocenters. The number of hydrogen-bond acceptors (Lipinski definition) is 7. The molecular weight excluding hydrogens is 390 g/mol. The van der Waals surface area contributed by atoms with Gasteiger partial charge in [-0.15, -0.1) is 0 Å². The highest BCUT2D eigenvalue weighted by Gasteiger charge is 2.33. The molecule has 0 amide bonds. The highest BCUT2D eigenvalue weighted by Crippen LogP contribution is 2.35. The fourth-order valence-corrected chi connectivity index (χ4v) is 4.53. The standard InChI is InChI=1S/C24H27N5O2/c1-2-25-23-22-19(15-17(16-20(22)30)21-9-6-14-31-21)26-24(27-23)29-12-10-28(11-13-29)18-7-4-3-5-8-18/h3-9,14,17H,2,10-13,15-16H2,1H3,(H,25,26,27)/t17-/m1/s1. The zero-order valence-corrected chi connectivity index (χ0v) is 17.8. The topological polar surface area (TPSA) is 74.5 Å². The average molecular weight is 418 g/mol. The Hall–Kier alpha value is -3.35. The molecule has 7 heteroatoms. The van der Waals surface area contributed by atoms with Gasteiger partial charge >= 0.3 is 0 Å². The van der Waals surface area contributed by atoms with Crippen molar-refractivity contribution in [2.24, 2.45) is 0 Å². The number of fused-ring (bicyclic) bond motifs is 1. The first kappa shape index (κ1) is 19.6. The first-order chi connectivity index (χ1) is 15.2. The monoisotopic (exact) mass is 417 g/mol. The van der Waals surface area contributed by atoms with Crippen molar-refractivity contribution in [3.8, 4) is 0 Å². The maximum Gasteiger partial charge on any atom is 0.227 e. The number of benzene rings is 1. The molecule has 1 aliphatic heterocycles. The summed E-state index contributed by atoms with van der Waals surface area (Å²) in [4.78, 5) is 27.3. The van der Waals surface area contributed by atoms with Gasteiger partial charge in [-0.1, -0.05) is 18.2 Å². The molecule has 1 fully saturated rings. The summed E-state index contributed by atoms with van der Waals surface area (Å²) >= 11 is 0. The molecule has 2 aliphatic rings. The lowest BCUT2D eigenvalue weighted by molar-refractivity contribution is 0.0959. The van der Waals surface area contributed by atoms with E-state index < -0.39 is 0 Å². The Labute approximate surface area is 182 Å². The van der Waals surface area contributed by atoms with Crippen molar-refractivity contribution >= 4 is 23.2 Å². The van der Waals surface area contributed by atoms with Gasteiger partial charge in [0.1, 0.15) is 11.6 Å². The van der Waals surface area contributed by atoms with E-state index in [-0.39, 0.29) is 11.7 Å². The highest BCUT2D eigenvalue weighted by molar-refractivity contribution is 6.03. The largest absolute Gasteiger partial charge is 0.469 e. The minimum Gasteiger partial charge on any atom is -0.469 e. The first-order valence-corrected chi connectivity index (χ1v) is 11.0. The predicted molar refractivity (Wildman–Crippen MR) is 121 cm³/mol. The quantitative estimate of drug-likeness (QED) is 0.678. The summed E-state index contributed by atoms with van der Waals surface area (Å²) in [5.41, 5.74) is 2.72. The van der Waals surface area contributed by atoms with Crippen molar-refractivity contribution in [1.82, 2.24) is 9.97 Å². The molecule has 0 radical (unpaired) electrons. The summed E-state index contributed by atoms with van der Waals surface area (Å²) < 4.78 is 5.59. The maximum atomic E-state index is 13.0. The van der Waals surface area contributed by atoms with Crippen molar-refractivity contribution in [2.45, 2.75) is 25.7 Å². The Morgan fingerprint density at radius 3 is 2.48 bits per heavy atom. The highest BCUT2D eigenvalue weighted by atomic mass is 16.3.